The molecule has 234 valence electrons. The first-order valence-corrected chi connectivity index (χ1v) is 16.3. The van der Waals surface area contributed by atoms with Crippen LogP contribution in [0.1, 0.15) is 31.9 Å². The quantitative estimate of drug-likeness (QED) is 0.156. The maximum absolute atomic E-state index is 13.4. The summed E-state index contributed by atoms with van der Waals surface area (Å²) in [4.78, 5) is 41.0. The van der Waals surface area contributed by atoms with Gasteiger partial charge >= 0.3 is 12.2 Å². The summed E-state index contributed by atoms with van der Waals surface area (Å²) in [6, 6.07) is 19.7. The van der Waals surface area contributed by atoms with Crippen LogP contribution >= 0.6 is 22.7 Å². The van der Waals surface area contributed by atoms with Crippen LogP contribution in [0.4, 0.5) is 19.6 Å². The molecular formula is C33H41N5O4S2. The molecule has 2 atom stereocenters. The highest BCUT2D eigenvalue weighted by Gasteiger charge is 2.34. The molecule has 0 bridgehead atoms. The van der Waals surface area contributed by atoms with Crippen molar-refractivity contribution < 1.29 is 19.1 Å². The molecule has 2 aromatic carbocycles. The molecule has 44 heavy (non-hydrogen) atoms. The van der Waals surface area contributed by atoms with E-state index in [2.05, 4.69) is 59.9 Å². The third-order valence-corrected chi connectivity index (χ3v) is 8.59. The molecule has 11 heteroatoms. The van der Waals surface area contributed by atoms with Crippen molar-refractivity contribution in [3.63, 3.8) is 0 Å². The van der Waals surface area contributed by atoms with Crippen LogP contribution in [-0.4, -0.2) is 73.0 Å². The molecule has 0 aliphatic heterocycles. The SMILES string of the molecule is COC(=O)N(c1cncs1)[C@@H](Cc1ccccc1)CN(C[C@H](Cc1ccccc1)N(C(=O)OC)c1cncs1)CC(C)(C)C. The molecule has 0 aliphatic carbocycles. The lowest BCUT2D eigenvalue weighted by Gasteiger charge is -2.40. The molecule has 0 unspecified atom stereocenters. The molecule has 0 aliphatic rings. The summed E-state index contributed by atoms with van der Waals surface area (Å²) in [5.41, 5.74) is 5.57. The zero-order chi connectivity index (χ0) is 31.5. The number of aromatic nitrogens is 2. The van der Waals surface area contributed by atoms with Gasteiger partial charge in [-0.1, -0.05) is 81.4 Å². The minimum atomic E-state index is -0.437. The number of ether oxygens (including phenoxy) is 2. The van der Waals surface area contributed by atoms with E-state index in [-0.39, 0.29) is 17.5 Å². The number of hydrogen-bond acceptors (Lipinski definition) is 9. The highest BCUT2D eigenvalue weighted by Crippen LogP contribution is 2.29. The van der Waals surface area contributed by atoms with E-state index in [1.807, 2.05) is 36.4 Å². The number of anilines is 2. The van der Waals surface area contributed by atoms with Gasteiger partial charge in [-0.3, -0.25) is 24.7 Å². The first kappa shape index (κ1) is 33.1. The summed E-state index contributed by atoms with van der Waals surface area (Å²) in [6.07, 6.45) is 3.74. The van der Waals surface area contributed by atoms with E-state index >= 15 is 0 Å². The maximum atomic E-state index is 13.4. The second kappa shape index (κ2) is 15.8. The van der Waals surface area contributed by atoms with Gasteiger partial charge < -0.3 is 9.47 Å². The summed E-state index contributed by atoms with van der Waals surface area (Å²) < 4.78 is 10.6. The standard InChI is InChI=1S/C33H41N5O4S2/c1-33(2,3)22-36(20-27(16-25-12-8-6-9-13-25)37(31(39)41-4)29-18-34-23-43-29)21-28(17-26-14-10-7-11-15-26)38(32(40)42-5)30-19-35-24-44-30/h6-15,18-19,23-24,27-28H,16-17,20-22H2,1-5H3/t27-,28-/m0/s1. The van der Waals surface area contributed by atoms with Gasteiger partial charge in [0.25, 0.3) is 0 Å². The zero-order valence-corrected chi connectivity index (χ0v) is 27.6. The number of thiazole rings is 2. The first-order valence-electron chi connectivity index (χ1n) is 14.5. The lowest BCUT2D eigenvalue weighted by molar-refractivity contribution is 0.150. The Morgan fingerprint density at radius 1 is 0.727 bits per heavy atom. The summed E-state index contributed by atoms with van der Waals surface area (Å²) in [5, 5.41) is 1.44. The van der Waals surface area contributed by atoms with Crippen molar-refractivity contribution in [1.82, 2.24) is 14.9 Å². The normalized spacial score (nSPS) is 12.9. The lowest BCUT2D eigenvalue weighted by atomic mass is 9.94. The Kier molecular flexibility index (Phi) is 11.9. The van der Waals surface area contributed by atoms with Crippen molar-refractivity contribution in [3.05, 3.63) is 95.2 Å². The van der Waals surface area contributed by atoms with E-state index in [0.29, 0.717) is 25.9 Å². The van der Waals surface area contributed by atoms with Gasteiger partial charge in [0.2, 0.25) is 0 Å². The lowest BCUT2D eigenvalue weighted by Crippen LogP contribution is -2.54. The van der Waals surface area contributed by atoms with E-state index in [4.69, 9.17) is 9.47 Å². The predicted octanol–water partition coefficient (Wildman–Crippen LogP) is 7.02. The monoisotopic (exact) mass is 635 g/mol. The van der Waals surface area contributed by atoms with E-state index < -0.39 is 12.2 Å². The number of amides is 2. The third kappa shape index (κ3) is 9.35. The average Bonchev–Trinajstić information content (AvgIpc) is 3.73. The van der Waals surface area contributed by atoms with Crippen LogP contribution in [0, 0.1) is 5.41 Å². The highest BCUT2D eigenvalue weighted by atomic mass is 32.1. The van der Waals surface area contributed by atoms with E-state index in [0.717, 1.165) is 27.7 Å². The molecule has 2 aromatic heterocycles. The topological polar surface area (TPSA) is 88.1 Å². The van der Waals surface area contributed by atoms with Crippen molar-refractivity contribution in [3.8, 4) is 0 Å². The van der Waals surface area contributed by atoms with Gasteiger partial charge in [0, 0.05) is 19.6 Å². The van der Waals surface area contributed by atoms with Crippen LogP contribution in [0.15, 0.2) is 84.1 Å². The van der Waals surface area contributed by atoms with Crippen molar-refractivity contribution in [2.75, 3.05) is 43.7 Å². The fraction of sp³-hybridized carbons (Fsp3) is 0.394. The Morgan fingerprint density at radius 2 is 1.14 bits per heavy atom. The molecule has 9 nitrogen and oxygen atoms in total. The summed E-state index contributed by atoms with van der Waals surface area (Å²) in [5.74, 6) is 0. The minimum absolute atomic E-state index is 0.0737. The van der Waals surface area contributed by atoms with Gasteiger partial charge in [0.05, 0.1) is 49.7 Å². The Morgan fingerprint density at radius 3 is 1.45 bits per heavy atom. The van der Waals surface area contributed by atoms with Crippen LogP contribution in [0.5, 0.6) is 0 Å². The summed E-state index contributed by atoms with van der Waals surface area (Å²) in [7, 11) is 2.81. The second-order valence-electron chi connectivity index (χ2n) is 11.8. The van der Waals surface area contributed by atoms with Gasteiger partial charge in [-0.25, -0.2) is 9.59 Å². The number of carbonyl (C=O) groups is 2. The van der Waals surface area contributed by atoms with Crippen LogP contribution in [0.2, 0.25) is 0 Å². The fourth-order valence-electron chi connectivity index (χ4n) is 5.41. The average molecular weight is 636 g/mol. The van der Waals surface area contributed by atoms with Gasteiger partial charge in [-0.2, -0.15) is 0 Å². The third-order valence-electron chi connectivity index (χ3n) is 7.05. The molecule has 0 saturated heterocycles. The Labute approximate surface area is 268 Å². The number of methoxy groups -OCH3 is 2. The number of nitrogens with zero attached hydrogens (tertiary/aromatic N) is 5. The molecule has 4 aromatic rings. The summed E-state index contributed by atoms with van der Waals surface area (Å²) in [6.45, 7) is 8.37. The molecule has 0 N–H and O–H groups in total. The fourth-order valence-corrected chi connectivity index (χ4v) is 6.79. The van der Waals surface area contributed by atoms with E-state index in [9.17, 15) is 9.59 Å². The number of rotatable bonds is 13. The van der Waals surface area contributed by atoms with Gasteiger partial charge in [0.1, 0.15) is 10.0 Å². The zero-order valence-electron chi connectivity index (χ0n) is 26.0. The number of carbonyl (C=O) groups excluding carboxylic acids is 2. The Balaban J connectivity index is 1.76. The molecule has 0 saturated carbocycles. The first-order chi connectivity index (χ1) is 21.2. The summed E-state index contributed by atoms with van der Waals surface area (Å²) >= 11 is 2.80. The predicted molar refractivity (Wildman–Crippen MR) is 178 cm³/mol. The molecular weight excluding hydrogens is 595 g/mol. The van der Waals surface area contributed by atoms with Gasteiger partial charge in [-0.05, 0) is 29.4 Å². The number of benzene rings is 2. The van der Waals surface area contributed by atoms with Crippen molar-refractivity contribution in [2.45, 2.75) is 45.7 Å². The smallest absolute Gasteiger partial charge is 0.415 e. The molecule has 0 spiro atoms. The van der Waals surface area contributed by atoms with E-state index in [1.54, 1.807) is 33.2 Å². The Hall–Kier alpha value is -3.80. The second-order valence-corrected chi connectivity index (χ2v) is 13.5. The van der Waals surface area contributed by atoms with Crippen molar-refractivity contribution in [2.24, 2.45) is 5.41 Å². The minimum Gasteiger partial charge on any atom is -0.452 e. The maximum Gasteiger partial charge on any atom is 0.415 e. The molecule has 0 radical (unpaired) electrons. The van der Waals surface area contributed by atoms with Crippen molar-refractivity contribution in [1.29, 1.82) is 0 Å². The van der Waals surface area contributed by atoms with Crippen LogP contribution in [-0.2, 0) is 22.3 Å². The molecule has 0 fully saturated rings. The van der Waals surface area contributed by atoms with Crippen LogP contribution < -0.4 is 9.80 Å². The van der Waals surface area contributed by atoms with Crippen LogP contribution in [0.3, 0.4) is 0 Å². The van der Waals surface area contributed by atoms with E-state index in [1.165, 1.54) is 36.9 Å². The van der Waals surface area contributed by atoms with Crippen molar-refractivity contribution >= 4 is 44.9 Å². The van der Waals surface area contributed by atoms with Gasteiger partial charge in [0.15, 0.2) is 0 Å². The molecule has 2 heterocycles. The van der Waals surface area contributed by atoms with Crippen LogP contribution in [0.25, 0.3) is 0 Å². The van der Waals surface area contributed by atoms with Gasteiger partial charge in [-0.15, -0.1) is 22.7 Å². The largest absolute Gasteiger partial charge is 0.452 e. The number of hydrogen-bond donors (Lipinski definition) is 0. The Bertz CT molecular complexity index is 1310. The molecule has 2 amide bonds. The highest BCUT2D eigenvalue weighted by molar-refractivity contribution is 7.14. The molecule has 4 rings (SSSR count).